The molecule has 1 saturated heterocycles. The molecule has 6 nitrogen and oxygen atoms in total. The summed E-state index contributed by atoms with van der Waals surface area (Å²) in [6, 6.07) is 12.9. The molecule has 1 aliphatic heterocycles. The van der Waals surface area contributed by atoms with Crippen molar-refractivity contribution in [2.45, 2.75) is 17.4 Å². The van der Waals surface area contributed by atoms with Crippen LogP contribution in [-0.2, 0) is 21.2 Å². The smallest absolute Gasteiger partial charge is 0.241 e. The third-order valence-electron chi connectivity index (χ3n) is 4.82. The zero-order valence-electron chi connectivity index (χ0n) is 15.7. The molecule has 28 heavy (non-hydrogen) atoms. The average Bonchev–Trinajstić information content (AvgIpc) is 2.68. The van der Waals surface area contributed by atoms with Crippen LogP contribution in [0.4, 0.5) is 4.39 Å². The van der Waals surface area contributed by atoms with E-state index >= 15 is 0 Å². The minimum Gasteiger partial charge on any atom is -0.339 e. The zero-order valence-corrected chi connectivity index (χ0v) is 16.5. The van der Waals surface area contributed by atoms with Gasteiger partial charge in [-0.2, -0.15) is 4.72 Å². The summed E-state index contributed by atoms with van der Waals surface area (Å²) < 4.78 is 41.2. The lowest BCUT2D eigenvalue weighted by Gasteiger charge is -2.34. The van der Waals surface area contributed by atoms with Crippen LogP contribution in [0.2, 0.25) is 0 Å². The SMILES string of the molecule is CN1CCN(C(=O)[C@H](Cc2ccccc2)NS(=O)(=O)c2ccc(F)cc2)CC1. The Hall–Kier alpha value is -2.29. The molecule has 2 aromatic rings. The summed E-state index contributed by atoms with van der Waals surface area (Å²) in [4.78, 5) is 16.8. The molecule has 1 fully saturated rings. The van der Waals surface area contributed by atoms with E-state index in [0.29, 0.717) is 13.1 Å². The molecule has 1 N–H and O–H groups in total. The molecule has 8 heteroatoms. The number of nitrogens with one attached hydrogen (secondary N) is 1. The van der Waals surface area contributed by atoms with Gasteiger partial charge in [0.25, 0.3) is 0 Å². The normalized spacial score (nSPS) is 16.7. The van der Waals surface area contributed by atoms with Crippen LogP contribution in [0.25, 0.3) is 0 Å². The molecule has 1 atom stereocenters. The van der Waals surface area contributed by atoms with Gasteiger partial charge in [0.2, 0.25) is 15.9 Å². The first-order chi connectivity index (χ1) is 13.3. The van der Waals surface area contributed by atoms with E-state index in [1.165, 1.54) is 12.1 Å². The maximum Gasteiger partial charge on any atom is 0.241 e. The van der Waals surface area contributed by atoms with Gasteiger partial charge in [0, 0.05) is 26.2 Å². The molecule has 0 saturated carbocycles. The number of hydrogen-bond acceptors (Lipinski definition) is 4. The van der Waals surface area contributed by atoms with Crippen molar-refractivity contribution >= 4 is 15.9 Å². The van der Waals surface area contributed by atoms with Crippen LogP contribution in [0.3, 0.4) is 0 Å². The van der Waals surface area contributed by atoms with E-state index in [1.54, 1.807) is 4.90 Å². The summed E-state index contributed by atoms with van der Waals surface area (Å²) >= 11 is 0. The van der Waals surface area contributed by atoms with Crippen LogP contribution in [0.5, 0.6) is 0 Å². The molecule has 1 heterocycles. The van der Waals surface area contributed by atoms with Gasteiger partial charge in [-0.15, -0.1) is 0 Å². The first-order valence-corrected chi connectivity index (χ1v) is 10.6. The van der Waals surface area contributed by atoms with E-state index in [4.69, 9.17) is 0 Å². The second kappa shape index (κ2) is 8.81. The van der Waals surface area contributed by atoms with Gasteiger partial charge in [-0.25, -0.2) is 12.8 Å². The van der Waals surface area contributed by atoms with Gasteiger partial charge in [-0.1, -0.05) is 30.3 Å². The number of halogens is 1. The fourth-order valence-corrected chi connectivity index (χ4v) is 4.33. The van der Waals surface area contributed by atoms with Gasteiger partial charge in [-0.05, 0) is 43.3 Å². The van der Waals surface area contributed by atoms with Crippen LogP contribution in [0, 0.1) is 5.82 Å². The van der Waals surface area contributed by atoms with E-state index in [2.05, 4.69) is 9.62 Å². The van der Waals surface area contributed by atoms with Crippen LogP contribution in [0.15, 0.2) is 59.5 Å². The molecule has 3 rings (SSSR count). The molecule has 0 spiro atoms. The highest BCUT2D eigenvalue weighted by molar-refractivity contribution is 7.89. The Labute approximate surface area is 165 Å². The Kier molecular flexibility index (Phi) is 6.43. The number of amides is 1. The van der Waals surface area contributed by atoms with Gasteiger partial charge < -0.3 is 9.80 Å². The lowest BCUT2D eigenvalue weighted by molar-refractivity contribution is -0.134. The molecule has 2 aromatic carbocycles. The van der Waals surface area contributed by atoms with Crippen molar-refractivity contribution < 1.29 is 17.6 Å². The summed E-state index contributed by atoms with van der Waals surface area (Å²) in [6.45, 7) is 2.60. The predicted molar refractivity (Wildman–Crippen MR) is 105 cm³/mol. The van der Waals surface area contributed by atoms with Gasteiger partial charge in [0.05, 0.1) is 4.90 Å². The van der Waals surface area contributed by atoms with Crippen molar-refractivity contribution in [1.82, 2.24) is 14.5 Å². The molecule has 1 aliphatic rings. The van der Waals surface area contributed by atoms with Gasteiger partial charge in [0.15, 0.2) is 0 Å². The van der Waals surface area contributed by atoms with Gasteiger partial charge in [-0.3, -0.25) is 4.79 Å². The minimum atomic E-state index is -3.97. The highest BCUT2D eigenvalue weighted by Gasteiger charge is 2.30. The summed E-state index contributed by atoms with van der Waals surface area (Å²) in [6.07, 6.45) is 0.242. The zero-order chi connectivity index (χ0) is 20.1. The average molecular weight is 405 g/mol. The molecule has 0 aromatic heterocycles. The first-order valence-electron chi connectivity index (χ1n) is 9.14. The fraction of sp³-hybridized carbons (Fsp3) is 0.350. The molecule has 0 radical (unpaired) electrons. The maximum absolute atomic E-state index is 13.1. The number of rotatable bonds is 6. The Bertz CT molecular complexity index is 896. The lowest BCUT2D eigenvalue weighted by atomic mass is 10.1. The highest BCUT2D eigenvalue weighted by atomic mass is 32.2. The number of nitrogens with zero attached hydrogens (tertiary/aromatic N) is 2. The van der Waals surface area contributed by atoms with Crippen molar-refractivity contribution in [2.24, 2.45) is 0 Å². The van der Waals surface area contributed by atoms with E-state index in [9.17, 15) is 17.6 Å². The summed E-state index contributed by atoms with van der Waals surface area (Å²) in [5, 5.41) is 0. The number of piperazine rings is 1. The third kappa shape index (κ3) is 5.15. The number of sulfonamides is 1. The monoisotopic (exact) mass is 405 g/mol. The van der Waals surface area contributed by atoms with E-state index < -0.39 is 21.9 Å². The summed E-state index contributed by atoms with van der Waals surface area (Å²) in [7, 11) is -1.98. The van der Waals surface area contributed by atoms with Crippen LogP contribution >= 0.6 is 0 Å². The molecule has 0 bridgehead atoms. The van der Waals surface area contributed by atoms with Crippen LogP contribution in [-0.4, -0.2) is 63.4 Å². The van der Waals surface area contributed by atoms with Crippen LogP contribution in [0.1, 0.15) is 5.56 Å². The maximum atomic E-state index is 13.1. The minimum absolute atomic E-state index is 0.0712. The molecule has 0 aliphatic carbocycles. The number of hydrogen-bond donors (Lipinski definition) is 1. The Morgan fingerprint density at radius 3 is 2.25 bits per heavy atom. The van der Waals surface area contributed by atoms with E-state index in [-0.39, 0.29) is 17.2 Å². The highest BCUT2D eigenvalue weighted by Crippen LogP contribution is 2.14. The fourth-order valence-electron chi connectivity index (χ4n) is 3.15. The van der Waals surface area contributed by atoms with Crippen molar-refractivity contribution in [3.8, 4) is 0 Å². The Morgan fingerprint density at radius 1 is 1.04 bits per heavy atom. The molecule has 150 valence electrons. The molecule has 0 unspecified atom stereocenters. The van der Waals surface area contributed by atoms with Gasteiger partial charge in [0.1, 0.15) is 11.9 Å². The second-order valence-electron chi connectivity index (χ2n) is 6.95. The Balaban J connectivity index is 1.83. The first kappa shape index (κ1) is 20.4. The summed E-state index contributed by atoms with van der Waals surface area (Å²) in [5.41, 5.74) is 0.858. The van der Waals surface area contributed by atoms with Crippen molar-refractivity contribution in [1.29, 1.82) is 0 Å². The van der Waals surface area contributed by atoms with E-state index in [0.717, 1.165) is 30.8 Å². The number of carbonyl (C=O) groups excluding carboxylic acids is 1. The van der Waals surface area contributed by atoms with Crippen molar-refractivity contribution in [2.75, 3.05) is 33.2 Å². The number of benzene rings is 2. The van der Waals surface area contributed by atoms with Crippen molar-refractivity contribution in [3.05, 3.63) is 66.0 Å². The molecular formula is C20H24FN3O3S. The van der Waals surface area contributed by atoms with E-state index in [1.807, 2.05) is 37.4 Å². The third-order valence-corrected chi connectivity index (χ3v) is 6.30. The topological polar surface area (TPSA) is 69.7 Å². The quantitative estimate of drug-likeness (QED) is 0.791. The van der Waals surface area contributed by atoms with Crippen LogP contribution < -0.4 is 4.72 Å². The summed E-state index contributed by atoms with van der Waals surface area (Å²) in [5.74, 6) is -0.768. The molecular weight excluding hydrogens is 381 g/mol. The second-order valence-corrected chi connectivity index (χ2v) is 8.66. The van der Waals surface area contributed by atoms with Gasteiger partial charge >= 0.3 is 0 Å². The molecule has 1 amide bonds. The van der Waals surface area contributed by atoms with Crippen molar-refractivity contribution in [3.63, 3.8) is 0 Å². The largest absolute Gasteiger partial charge is 0.339 e. The predicted octanol–water partition coefficient (Wildman–Crippen LogP) is 1.49. The Morgan fingerprint density at radius 2 is 1.64 bits per heavy atom. The lowest BCUT2D eigenvalue weighted by Crippen LogP contribution is -2.54. The standard InChI is InChI=1S/C20H24FN3O3S/c1-23-11-13-24(14-12-23)20(25)19(15-16-5-3-2-4-6-16)22-28(26,27)18-9-7-17(21)8-10-18/h2-10,19,22H,11-15H2,1H3/t19-/m0/s1. The number of likely N-dealkylation sites (N-methyl/N-ethyl adjacent to an activating group) is 1. The number of carbonyl (C=O) groups is 1.